The first-order valence-electron chi connectivity index (χ1n) is 18.4. The van der Waals surface area contributed by atoms with Crippen LogP contribution < -0.4 is 16.0 Å². The van der Waals surface area contributed by atoms with Gasteiger partial charge in [-0.25, -0.2) is 14.6 Å². The zero-order valence-corrected chi connectivity index (χ0v) is 32.8. The SMILES string of the molecule is CCC(C)[C@@H](C(=O)N[C@@H](Cc1ccccc1)C[C@H](O)[C@H](Cc1ccccc1)NC(=O)[C@@H](NC(=O)OC)C(C)(C)C)N1CCN(Cc2cnc(C)s2)C1=O. The molecule has 4 N–H and O–H groups in total. The molecule has 4 rings (SSSR count). The summed E-state index contributed by atoms with van der Waals surface area (Å²) in [6.45, 7) is 12.8. The summed E-state index contributed by atoms with van der Waals surface area (Å²) < 4.78 is 4.79. The Bertz CT molecular complexity index is 1650. The molecule has 2 heterocycles. The number of methoxy groups -OCH3 is 1. The van der Waals surface area contributed by atoms with Gasteiger partial charge in [0.1, 0.15) is 12.1 Å². The van der Waals surface area contributed by atoms with Crippen molar-refractivity contribution in [3.8, 4) is 0 Å². The predicted molar refractivity (Wildman–Crippen MR) is 206 cm³/mol. The molecule has 288 valence electrons. The number of rotatable bonds is 17. The predicted octanol–water partition coefficient (Wildman–Crippen LogP) is 5.08. The average molecular weight is 749 g/mol. The molecule has 0 spiro atoms. The molecule has 1 fully saturated rings. The van der Waals surface area contributed by atoms with E-state index in [1.165, 1.54) is 7.11 Å². The number of benzene rings is 2. The van der Waals surface area contributed by atoms with Gasteiger partial charge in [-0.2, -0.15) is 0 Å². The van der Waals surface area contributed by atoms with Gasteiger partial charge in [-0.15, -0.1) is 11.3 Å². The quantitative estimate of drug-likeness (QED) is 0.150. The highest BCUT2D eigenvalue weighted by molar-refractivity contribution is 7.11. The molecular weight excluding hydrogens is 693 g/mol. The van der Waals surface area contributed by atoms with Crippen LogP contribution in [0, 0.1) is 18.3 Å². The van der Waals surface area contributed by atoms with Gasteiger partial charge in [0, 0.05) is 30.2 Å². The van der Waals surface area contributed by atoms with Crippen molar-refractivity contribution in [2.45, 2.75) is 104 Å². The van der Waals surface area contributed by atoms with Crippen molar-refractivity contribution >= 4 is 35.3 Å². The topological polar surface area (TPSA) is 153 Å². The van der Waals surface area contributed by atoms with Crippen molar-refractivity contribution in [3.05, 3.63) is 87.9 Å². The van der Waals surface area contributed by atoms with Gasteiger partial charge in [0.25, 0.3) is 0 Å². The normalized spacial score (nSPS) is 16.6. The van der Waals surface area contributed by atoms with Gasteiger partial charge in [-0.3, -0.25) is 9.59 Å². The van der Waals surface area contributed by atoms with E-state index in [2.05, 4.69) is 20.9 Å². The van der Waals surface area contributed by atoms with Gasteiger partial charge in [0.05, 0.1) is 30.8 Å². The molecule has 12 nitrogen and oxygen atoms in total. The van der Waals surface area contributed by atoms with Gasteiger partial charge in [0.2, 0.25) is 11.8 Å². The Morgan fingerprint density at radius 3 is 2.11 bits per heavy atom. The van der Waals surface area contributed by atoms with E-state index in [4.69, 9.17) is 4.74 Å². The zero-order chi connectivity index (χ0) is 38.7. The first kappa shape index (κ1) is 41.3. The minimum absolute atomic E-state index is 0.112. The number of thiazole rings is 1. The molecule has 1 aliphatic rings. The van der Waals surface area contributed by atoms with Crippen LogP contribution in [0.15, 0.2) is 66.9 Å². The molecule has 6 atom stereocenters. The molecule has 1 aromatic heterocycles. The lowest BCUT2D eigenvalue weighted by atomic mass is 9.85. The van der Waals surface area contributed by atoms with Crippen LogP contribution in [-0.2, 0) is 33.7 Å². The van der Waals surface area contributed by atoms with Crippen molar-refractivity contribution in [2.75, 3.05) is 20.2 Å². The molecular formula is C40H56N6O6S. The summed E-state index contributed by atoms with van der Waals surface area (Å²) in [4.78, 5) is 62.9. The second-order valence-electron chi connectivity index (χ2n) is 15.0. The molecule has 0 aliphatic carbocycles. The summed E-state index contributed by atoms with van der Waals surface area (Å²) in [6, 6.07) is 16.1. The number of ether oxygens (including phenoxy) is 1. The molecule has 1 saturated heterocycles. The number of aromatic nitrogens is 1. The first-order chi connectivity index (χ1) is 25.2. The maximum Gasteiger partial charge on any atom is 0.407 e. The van der Waals surface area contributed by atoms with Crippen LogP contribution in [0.1, 0.15) is 68.5 Å². The number of nitrogens with one attached hydrogen (secondary N) is 3. The monoisotopic (exact) mass is 748 g/mol. The van der Waals surface area contributed by atoms with Crippen LogP contribution in [-0.4, -0.2) is 94.3 Å². The van der Waals surface area contributed by atoms with Gasteiger partial charge < -0.3 is 35.6 Å². The molecule has 53 heavy (non-hydrogen) atoms. The van der Waals surface area contributed by atoms with E-state index in [1.807, 2.05) is 102 Å². The molecule has 1 unspecified atom stereocenters. The summed E-state index contributed by atoms with van der Waals surface area (Å²) in [5.41, 5.74) is 1.19. The summed E-state index contributed by atoms with van der Waals surface area (Å²) in [7, 11) is 1.24. The molecule has 5 amide bonds. The highest BCUT2D eigenvalue weighted by atomic mass is 32.1. The second-order valence-corrected chi connectivity index (χ2v) is 16.3. The first-order valence-corrected chi connectivity index (χ1v) is 19.2. The van der Waals surface area contributed by atoms with Gasteiger partial charge in [-0.05, 0) is 48.6 Å². The third-order valence-corrected chi connectivity index (χ3v) is 10.7. The maximum atomic E-state index is 14.4. The fraction of sp³-hybridized carbons (Fsp3) is 0.525. The third kappa shape index (κ3) is 11.8. The lowest BCUT2D eigenvalue weighted by Gasteiger charge is -2.35. The van der Waals surface area contributed by atoms with Crippen LogP contribution in [0.25, 0.3) is 0 Å². The third-order valence-electron chi connectivity index (χ3n) is 9.79. The van der Waals surface area contributed by atoms with Crippen LogP contribution in [0.3, 0.4) is 0 Å². The van der Waals surface area contributed by atoms with Crippen molar-refractivity contribution in [1.82, 2.24) is 30.7 Å². The number of carbonyl (C=O) groups excluding carboxylic acids is 4. The number of aliphatic hydroxyl groups is 1. The number of nitrogens with zero attached hydrogens (tertiary/aromatic N) is 3. The van der Waals surface area contributed by atoms with Crippen molar-refractivity contribution < 1.29 is 29.0 Å². The van der Waals surface area contributed by atoms with E-state index < -0.39 is 47.7 Å². The number of urea groups is 1. The number of carbonyl (C=O) groups is 4. The minimum Gasteiger partial charge on any atom is -0.453 e. The lowest BCUT2D eigenvalue weighted by molar-refractivity contribution is -0.129. The Kier molecular flexibility index (Phi) is 14.8. The summed E-state index contributed by atoms with van der Waals surface area (Å²) in [5.74, 6) is -0.877. The largest absolute Gasteiger partial charge is 0.453 e. The van der Waals surface area contributed by atoms with Crippen molar-refractivity contribution in [1.29, 1.82) is 0 Å². The second kappa shape index (κ2) is 19.0. The van der Waals surface area contributed by atoms with Crippen molar-refractivity contribution in [3.63, 3.8) is 0 Å². The summed E-state index contributed by atoms with van der Waals surface area (Å²) in [5, 5.41) is 21.8. The molecule has 0 bridgehead atoms. The van der Waals surface area contributed by atoms with Gasteiger partial charge in [-0.1, -0.05) is 102 Å². The number of hydrogen-bond acceptors (Lipinski definition) is 8. The Labute approximate surface area is 317 Å². The van der Waals surface area contributed by atoms with E-state index >= 15 is 0 Å². The molecule has 3 aromatic rings. The summed E-state index contributed by atoms with van der Waals surface area (Å²) in [6.07, 6.45) is 1.48. The van der Waals surface area contributed by atoms with Gasteiger partial charge >= 0.3 is 12.1 Å². The fourth-order valence-corrected chi connectivity index (χ4v) is 7.52. The van der Waals surface area contributed by atoms with Crippen LogP contribution in [0.4, 0.5) is 9.59 Å². The molecule has 0 saturated carbocycles. The number of aliphatic hydroxyl groups excluding tert-OH is 1. The van der Waals surface area contributed by atoms with E-state index in [1.54, 1.807) is 27.3 Å². The smallest absolute Gasteiger partial charge is 0.407 e. The molecule has 0 radical (unpaired) electrons. The lowest BCUT2D eigenvalue weighted by Crippen LogP contribution is -2.58. The Morgan fingerprint density at radius 2 is 1.57 bits per heavy atom. The summed E-state index contributed by atoms with van der Waals surface area (Å²) >= 11 is 1.55. The standard InChI is InChI=1S/C40H56N6O6S/c1-8-26(2)34(46-20-19-45(39(46)51)25-31-24-41-27(3)53-31)36(48)42-30(21-28-15-11-9-12-16-28)23-33(47)32(22-29-17-13-10-14-18-29)43-37(49)35(40(4,5)6)44-38(50)52-7/h9-18,24,26,30,32-35,47H,8,19-23,25H2,1-7H3,(H,42,48)(H,43,49)(H,44,50)/t26?,30-,32-,33-,34-,35+/m0/s1. The number of aryl methyl sites for hydroxylation is 1. The van der Waals surface area contributed by atoms with Crippen molar-refractivity contribution in [2.24, 2.45) is 11.3 Å². The Balaban J connectivity index is 1.59. The Hall–Kier alpha value is -4.49. The van der Waals surface area contributed by atoms with Gasteiger partial charge in [0.15, 0.2) is 0 Å². The maximum absolute atomic E-state index is 14.4. The van der Waals surface area contributed by atoms with Crippen LogP contribution >= 0.6 is 11.3 Å². The number of amides is 5. The average Bonchev–Trinajstić information content (AvgIpc) is 3.70. The van der Waals surface area contributed by atoms with E-state index in [-0.39, 0.29) is 24.3 Å². The van der Waals surface area contributed by atoms with E-state index in [0.717, 1.165) is 21.0 Å². The number of alkyl carbamates (subject to hydrolysis) is 1. The van der Waals surface area contributed by atoms with E-state index in [0.29, 0.717) is 38.9 Å². The Morgan fingerprint density at radius 1 is 0.943 bits per heavy atom. The zero-order valence-electron chi connectivity index (χ0n) is 32.0. The van der Waals surface area contributed by atoms with Crippen LogP contribution in [0.2, 0.25) is 0 Å². The highest BCUT2D eigenvalue weighted by Gasteiger charge is 2.41. The number of hydrogen-bond donors (Lipinski definition) is 4. The molecule has 2 aromatic carbocycles. The van der Waals surface area contributed by atoms with E-state index in [9.17, 15) is 24.3 Å². The molecule has 13 heteroatoms. The minimum atomic E-state index is -1.10. The highest BCUT2D eigenvalue weighted by Crippen LogP contribution is 2.25. The fourth-order valence-electron chi connectivity index (χ4n) is 6.71. The van der Waals surface area contributed by atoms with Crippen LogP contribution in [0.5, 0.6) is 0 Å². The molecule has 1 aliphatic heterocycles.